The molecule has 0 fully saturated rings. The number of aromatic nitrogens is 2. The monoisotopic (exact) mass is 323 g/mol. The molecular formula is C19H21N3O2. The van der Waals surface area contributed by atoms with Crippen molar-refractivity contribution < 1.29 is 9.15 Å². The lowest BCUT2D eigenvalue weighted by atomic mass is 10.2. The van der Waals surface area contributed by atoms with Gasteiger partial charge in [0.15, 0.2) is 0 Å². The SMILES string of the molecule is Cc1ccccc1OCCN(C)Cc1nnc(-c2ccccc2)o1. The van der Waals surface area contributed by atoms with Gasteiger partial charge >= 0.3 is 0 Å². The van der Waals surface area contributed by atoms with Crippen molar-refractivity contribution in [2.24, 2.45) is 0 Å². The molecule has 0 unspecified atom stereocenters. The van der Waals surface area contributed by atoms with Gasteiger partial charge in [-0.25, -0.2) is 0 Å². The number of para-hydroxylation sites is 1. The zero-order chi connectivity index (χ0) is 16.8. The Morgan fingerprint density at radius 2 is 1.75 bits per heavy atom. The maximum absolute atomic E-state index is 5.81. The highest BCUT2D eigenvalue weighted by molar-refractivity contribution is 5.51. The Hall–Kier alpha value is -2.66. The molecule has 2 aromatic carbocycles. The highest BCUT2D eigenvalue weighted by atomic mass is 16.5. The molecule has 1 heterocycles. The maximum atomic E-state index is 5.81. The van der Waals surface area contributed by atoms with Crippen LogP contribution in [0.2, 0.25) is 0 Å². The van der Waals surface area contributed by atoms with Crippen LogP contribution in [0.5, 0.6) is 5.75 Å². The van der Waals surface area contributed by atoms with Crippen molar-refractivity contribution in [2.75, 3.05) is 20.2 Å². The van der Waals surface area contributed by atoms with Crippen molar-refractivity contribution >= 4 is 0 Å². The van der Waals surface area contributed by atoms with Gasteiger partial charge in [-0.1, -0.05) is 36.4 Å². The Morgan fingerprint density at radius 3 is 2.54 bits per heavy atom. The van der Waals surface area contributed by atoms with Crippen LogP contribution in [0.3, 0.4) is 0 Å². The second kappa shape index (κ2) is 7.75. The number of ether oxygens (including phenoxy) is 1. The summed E-state index contributed by atoms with van der Waals surface area (Å²) in [4.78, 5) is 2.10. The molecule has 0 N–H and O–H groups in total. The van der Waals surface area contributed by atoms with Crippen LogP contribution in [0.25, 0.3) is 11.5 Å². The zero-order valence-electron chi connectivity index (χ0n) is 14.0. The Bertz CT molecular complexity index is 771. The average molecular weight is 323 g/mol. The minimum absolute atomic E-state index is 0.551. The van der Waals surface area contributed by atoms with Crippen LogP contribution in [-0.4, -0.2) is 35.3 Å². The van der Waals surface area contributed by atoms with Crippen LogP contribution >= 0.6 is 0 Å². The van der Waals surface area contributed by atoms with Crippen LogP contribution in [0.1, 0.15) is 11.5 Å². The molecule has 0 radical (unpaired) electrons. The highest BCUT2D eigenvalue weighted by Gasteiger charge is 2.10. The largest absolute Gasteiger partial charge is 0.492 e. The molecule has 0 aliphatic rings. The third kappa shape index (κ3) is 4.20. The van der Waals surface area contributed by atoms with Crippen LogP contribution in [0, 0.1) is 6.92 Å². The Labute approximate surface area is 141 Å². The number of hydrogen-bond donors (Lipinski definition) is 0. The normalized spacial score (nSPS) is 11.0. The van der Waals surface area contributed by atoms with Gasteiger partial charge in [-0.15, -0.1) is 10.2 Å². The van der Waals surface area contributed by atoms with E-state index in [1.54, 1.807) is 0 Å². The fraction of sp³-hybridized carbons (Fsp3) is 0.263. The van der Waals surface area contributed by atoms with Gasteiger partial charge in [0.05, 0.1) is 6.54 Å². The first-order chi connectivity index (χ1) is 11.7. The summed E-state index contributed by atoms with van der Waals surface area (Å²) in [6.45, 7) is 4.03. The molecule has 24 heavy (non-hydrogen) atoms. The molecule has 3 aromatic rings. The average Bonchev–Trinajstić information content (AvgIpc) is 3.06. The van der Waals surface area contributed by atoms with E-state index in [4.69, 9.17) is 9.15 Å². The third-order valence-electron chi connectivity index (χ3n) is 3.72. The molecule has 0 aliphatic heterocycles. The van der Waals surface area contributed by atoms with E-state index in [9.17, 15) is 0 Å². The molecule has 0 aliphatic carbocycles. The van der Waals surface area contributed by atoms with Crippen molar-refractivity contribution in [1.82, 2.24) is 15.1 Å². The molecule has 0 spiro atoms. The predicted octanol–water partition coefficient (Wildman–Crippen LogP) is 3.56. The first kappa shape index (κ1) is 16.2. The minimum Gasteiger partial charge on any atom is -0.492 e. The molecule has 5 heteroatoms. The number of likely N-dealkylation sites (N-methyl/N-ethyl adjacent to an activating group) is 1. The van der Waals surface area contributed by atoms with Gasteiger partial charge in [0.25, 0.3) is 0 Å². The molecule has 0 saturated heterocycles. The topological polar surface area (TPSA) is 51.4 Å². The van der Waals surface area contributed by atoms with Crippen LogP contribution in [0.4, 0.5) is 0 Å². The quantitative estimate of drug-likeness (QED) is 0.665. The van der Waals surface area contributed by atoms with Crippen molar-refractivity contribution in [1.29, 1.82) is 0 Å². The van der Waals surface area contributed by atoms with E-state index in [0.717, 1.165) is 23.4 Å². The molecule has 0 amide bonds. The number of hydrogen-bond acceptors (Lipinski definition) is 5. The number of benzene rings is 2. The Balaban J connectivity index is 1.50. The van der Waals surface area contributed by atoms with Gasteiger partial charge in [-0.2, -0.15) is 0 Å². The maximum Gasteiger partial charge on any atom is 0.247 e. The molecule has 0 atom stereocenters. The van der Waals surface area contributed by atoms with Crippen molar-refractivity contribution in [3.8, 4) is 17.2 Å². The van der Waals surface area contributed by atoms with Gasteiger partial charge in [0, 0.05) is 12.1 Å². The molecule has 124 valence electrons. The zero-order valence-corrected chi connectivity index (χ0v) is 14.0. The number of rotatable bonds is 7. The first-order valence-electron chi connectivity index (χ1n) is 7.97. The molecule has 1 aromatic heterocycles. The van der Waals surface area contributed by atoms with E-state index < -0.39 is 0 Å². The summed E-state index contributed by atoms with van der Waals surface area (Å²) in [6, 6.07) is 17.8. The number of aryl methyl sites for hydroxylation is 1. The van der Waals surface area contributed by atoms with Crippen molar-refractivity contribution in [2.45, 2.75) is 13.5 Å². The summed E-state index contributed by atoms with van der Waals surface area (Å²) in [7, 11) is 2.01. The van der Waals surface area contributed by atoms with Crippen molar-refractivity contribution in [3.05, 3.63) is 66.1 Å². The fourth-order valence-corrected chi connectivity index (χ4v) is 2.35. The summed E-state index contributed by atoms with van der Waals surface area (Å²) < 4.78 is 11.5. The van der Waals surface area contributed by atoms with Crippen molar-refractivity contribution in [3.63, 3.8) is 0 Å². The highest BCUT2D eigenvalue weighted by Crippen LogP contribution is 2.18. The molecule has 5 nitrogen and oxygen atoms in total. The van der Waals surface area contributed by atoms with E-state index in [-0.39, 0.29) is 0 Å². The Morgan fingerprint density at radius 1 is 1.00 bits per heavy atom. The van der Waals surface area contributed by atoms with Gasteiger partial charge in [-0.3, -0.25) is 4.90 Å². The van der Waals surface area contributed by atoms with Gasteiger partial charge < -0.3 is 9.15 Å². The molecular weight excluding hydrogens is 302 g/mol. The summed E-state index contributed by atoms with van der Waals surface area (Å²) in [5.41, 5.74) is 2.08. The molecule has 3 rings (SSSR count). The first-order valence-corrected chi connectivity index (χ1v) is 7.97. The summed E-state index contributed by atoms with van der Waals surface area (Å²) >= 11 is 0. The summed E-state index contributed by atoms with van der Waals surface area (Å²) in [5.74, 6) is 2.08. The molecule has 0 saturated carbocycles. The van der Waals surface area contributed by atoms with E-state index in [1.165, 1.54) is 0 Å². The van der Waals surface area contributed by atoms with E-state index in [0.29, 0.717) is 24.9 Å². The van der Waals surface area contributed by atoms with Crippen LogP contribution in [0.15, 0.2) is 59.0 Å². The Kier molecular flexibility index (Phi) is 5.23. The van der Waals surface area contributed by atoms with Crippen LogP contribution < -0.4 is 4.74 Å². The third-order valence-corrected chi connectivity index (χ3v) is 3.72. The predicted molar refractivity (Wildman–Crippen MR) is 92.7 cm³/mol. The standard InChI is InChI=1S/C19H21N3O2/c1-15-8-6-7-11-17(15)23-13-12-22(2)14-18-20-21-19(24-18)16-9-4-3-5-10-16/h3-11H,12-14H2,1-2H3. The summed E-state index contributed by atoms with van der Waals surface area (Å²) in [6.07, 6.45) is 0. The lowest BCUT2D eigenvalue weighted by Gasteiger charge is -2.15. The molecule has 0 bridgehead atoms. The lowest BCUT2D eigenvalue weighted by molar-refractivity contribution is 0.219. The minimum atomic E-state index is 0.551. The second-order valence-electron chi connectivity index (χ2n) is 5.72. The summed E-state index contributed by atoms with van der Waals surface area (Å²) in [5, 5.41) is 8.22. The fourth-order valence-electron chi connectivity index (χ4n) is 2.35. The van der Waals surface area contributed by atoms with E-state index in [2.05, 4.69) is 15.1 Å². The second-order valence-corrected chi connectivity index (χ2v) is 5.72. The number of nitrogens with zero attached hydrogens (tertiary/aromatic N) is 3. The van der Waals surface area contributed by atoms with Gasteiger partial charge in [0.1, 0.15) is 12.4 Å². The van der Waals surface area contributed by atoms with Gasteiger partial charge in [-0.05, 0) is 37.7 Å². The lowest BCUT2D eigenvalue weighted by Crippen LogP contribution is -2.24. The smallest absolute Gasteiger partial charge is 0.247 e. The van der Waals surface area contributed by atoms with E-state index in [1.807, 2.05) is 68.6 Å². The van der Waals surface area contributed by atoms with Crippen LogP contribution in [-0.2, 0) is 6.54 Å². The van der Waals surface area contributed by atoms with E-state index >= 15 is 0 Å². The van der Waals surface area contributed by atoms with Gasteiger partial charge in [0.2, 0.25) is 11.8 Å².